The lowest BCUT2D eigenvalue weighted by Crippen LogP contribution is -2.54. The van der Waals surface area contributed by atoms with E-state index in [-0.39, 0.29) is 17.7 Å². The molecule has 0 spiro atoms. The Morgan fingerprint density at radius 2 is 2.00 bits per heavy atom. The van der Waals surface area contributed by atoms with Gasteiger partial charge in [0.25, 0.3) is 0 Å². The molecular weight excluding hydrogens is 296 g/mol. The van der Waals surface area contributed by atoms with Crippen LogP contribution in [-0.2, 0) is 14.4 Å². The summed E-state index contributed by atoms with van der Waals surface area (Å²) in [5, 5.41) is 11.9. The number of hydrogen-bond acceptors (Lipinski definition) is 3. The number of carboxylic acids is 1. The smallest absolute Gasteiger partial charge is 0.326 e. The summed E-state index contributed by atoms with van der Waals surface area (Å²) in [6.07, 6.45) is 4.82. The third-order valence-electron chi connectivity index (χ3n) is 4.19. The highest BCUT2D eigenvalue weighted by atomic mass is 16.4. The van der Waals surface area contributed by atoms with E-state index in [0.29, 0.717) is 25.8 Å². The maximum Gasteiger partial charge on any atom is 0.326 e. The van der Waals surface area contributed by atoms with E-state index in [1.54, 1.807) is 4.90 Å². The number of nitrogens with zero attached hydrogens (tertiary/aromatic N) is 1. The van der Waals surface area contributed by atoms with Gasteiger partial charge in [-0.15, -0.1) is 0 Å². The van der Waals surface area contributed by atoms with Crippen LogP contribution in [0.25, 0.3) is 0 Å². The van der Waals surface area contributed by atoms with Gasteiger partial charge in [0.2, 0.25) is 11.8 Å². The van der Waals surface area contributed by atoms with Crippen LogP contribution in [0.3, 0.4) is 0 Å². The highest BCUT2D eigenvalue weighted by molar-refractivity contribution is 5.90. The zero-order chi connectivity index (χ0) is 17.4. The van der Waals surface area contributed by atoms with Crippen molar-refractivity contribution in [3.63, 3.8) is 0 Å². The first-order valence-electron chi connectivity index (χ1n) is 8.69. The van der Waals surface area contributed by atoms with E-state index >= 15 is 0 Å². The number of aliphatic carboxylic acids is 1. The lowest BCUT2D eigenvalue weighted by molar-refractivity contribution is -0.146. The highest BCUT2D eigenvalue weighted by Gasteiger charge is 2.33. The summed E-state index contributed by atoms with van der Waals surface area (Å²) in [6.45, 7) is 6.56. The van der Waals surface area contributed by atoms with Gasteiger partial charge < -0.3 is 15.3 Å². The molecule has 0 aromatic heterocycles. The summed E-state index contributed by atoms with van der Waals surface area (Å²) in [4.78, 5) is 37.7. The molecule has 1 heterocycles. The largest absolute Gasteiger partial charge is 0.480 e. The quantitative estimate of drug-likeness (QED) is 0.680. The summed E-state index contributed by atoms with van der Waals surface area (Å²) >= 11 is 0. The Bertz CT molecular complexity index is 423. The Morgan fingerprint density at radius 1 is 1.30 bits per heavy atom. The molecule has 6 nitrogen and oxygen atoms in total. The minimum Gasteiger partial charge on any atom is -0.480 e. The molecule has 1 fully saturated rings. The molecule has 0 aromatic carbocycles. The van der Waals surface area contributed by atoms with Crippen molar-refractivity contribution in [3.8, 4) is 0 Å². The molecular formula is C17H30N2O4. The third-order valence-corrected chi connectivity index (χ3v) is 4.19. The number of carbonyl (C=O) groups is 3. The first-order valence-corrected chi connectivity index (χ1v) is 8.69. The Morgan fingerprint density at radius 3 is 2.52 bits per heavy atom. The lowest BCUT2D eigenvalue weighted by Gasteiger charge is -2.35. The summed E-state index contributed by atoms with van der Waals surface area (Å²) in [5.41, 5.74) is 0. The molecule has 23 heavy (non-hydrogen) atoms. The first-order chi connectivity index (χ1) is 10.9. The number of rotatable bonds is 9. The van der Waals surface area contributed by atoms with Crippen LogP contribution in [0.5, 0.6) is 0 Å². The number of carboxylic acid groups (broad SMARTS) is 1. The SMILES string of the molecule is CCCCC(NC(=O)C(CC(C)C)N1CCCCC1=O)C(=O)O. The number of carbonyl (C=O) groups excluding carboxylic acids is 2. The first kappa shape index (κ1) is 19.5. The Labute approximate surface area is 138 Å². The molecule has 0 bridgehead atoms. The molecule has 2 N–H and O–H groups in total. The third kappa shape index (κ3) is 6.20. The van der Waals surface area contributed by atoms with Crippen molar-refractivity contribution in [1.29, 1.82) is 0 Å². The van der Waals surface area contributed by atoms with Crippen LogP contribution in [0.2, 0.25) is 0 Å². The van der Waals surface area contributed by atoms with Crippen LogP contribution in [0, 0.1) is 5.92 Å². The van der Waals surface area contributed by atoms with Crippen molar-refractivity contribution in [3.05, 3.63) is 0 Å². The Kier molecular flexibility index (Phi) is 8.06. The van der Waals surface area contributed by atoms with E-state index in [9.17, 15) is 19.5 Å². The van der Waals surface area contributed by atoms with Crippen LogP contribution in [-0.4, -0.2) is 46.4 Å². The second-order valence-electron chi connectivity index (χ2n) is 6.73. The Hall–Kier alpha value is -1.59. The highest BCUT2D eigenvalue weighted by Crippen LogP contribution is 2.19. The van der Waals surface area contributed by atoms with Gasteiger partial charge in [-0.3, -0.25) is 9.59 Å². The van der Waals surface area contributed by atoms with Crippen molar-refractivity contribution < 1.29 is 19.5 Å². The molecule has 1 aliphatic rings. The van der Waals surface area contributed by atoms with E-state index in [2.05, 4.69) is 5.32 Å². The fourth-order valence-electron chi connectivity index (χ4n) is 2.91. The zero-order valence-corrected chi connectivity index (χ0v) is 14.5. The number of likely N-dealkylation sites (tertiary alicyclic amines) is 1. The van der Waals surface area contributed by atoms with Crippen LogP contribution >= 0.6 is 0 Å². The minimum atomic E-state index is -1.01. The second-order valence-corrected chi connectivity index (χ2v) is 6.73. The molecule has 0 aromatic rings. The van der Waals surface area contributed by atoms with Gasteiger partial charge >= 0.3 is 5.97 Å². The maximum absolute atomic E-state index is 12.6. The number of nitrogens with one attached hydrogen (secondary N) is 1. The van der Waals surface area contributed by atoms with E-state index in [0.717, 1.165) is 25.7 Å². The number of unbranched alkanes of at least 4 members (excludes halogenated alkanes) is 1. The molecule has 1 saturated heterocycles. The van der Waals surface area contributed by atoms with E-state index < -0.39 is 18.1 Å². The number of piperidine rings is 1. The fourth-order valence-corrected chi connectivity index (χ4v) is 2.91. The molecule has 0 saturated carbocycles. The second kappa shape index (κ2) is 9.53. The molecule has 2 unspecified atom stereocenters. The standard InChI is InChI=1S/C17H30N2O4/c1-4-5-8-13(17(22)23)18-16(21)14(11-12(2)3)19-10-7-6-9-15(19)20/h12-14H,4-11H2,1-3H3,(H,18,21)(H,22,23). The minimum absolute atomic E-state index is 0.00233. The topological polar surface area (TPSA) is 86.7 Å². The fraction of sp³-hybridized carbons (Fsp3) is 0.824. The van der Waals surface area contributed by atoms with Gasteiger partial charge in [0.05, 0.1) is 0 Å². The number of amides is 2. The van der Waals surface area contributed by atoms with E-state index in [1.165, 1.54) is 0 Å². The van der Waals surface area contributed by atoms with Crippen molar-refractivity contribution in [2.75, 3.05) is 6.54 Å². The van der Waals surface area contributed by atoms with Gasteiger partial charge in [-0.05, 0) is 31.6 Å². The zero-order valence-electron chi connectivity index (χ0n) is 14.5. The molecule has 2 atom stereocenters. The predicted octanol–water partition coefficient (Wildman–Crippen LogP) is 2.17. The molecule has 1 rings (SSSR count). The maximum atomic E-state index is 12.6. The molecule has 2 amide bonds. The Balaban J connectivity index is 2.81. The van der Waals surface area contributed by atoms with Gasteiger partial charge in [0.1, 0.15) is 12.1 Å². The summed E-state index contributed by atoms with van der Waals surface area (Å²) in [5.74, 6) is -1.10. The lowest BCUT2D eigenvalue weighted by atomic mass is 9.98. The molecule has 132 valence electrons. The van der Waals surface area contributed by atoms with Crippen LogP contribution in [0.4, 0.5) is 0 Å². The normalized spacial score (nSPS) is 17.9. The van der Waals surface area contributed by atoms with E-state index in [4.69, 9.17) is 0 Å². The average molecular weight is 326 g/mol. The van der Waals surface area contributed by atoms with Crippen LogP contribution < -0.4 is 5.32 Å². The summed E-state index contributed by atoms with van der Waals surface area (Å²) in [6, 6.07) is -1.44. The van der Waals surface area contributed by atoms with Gasteiger partial charge in [0, 0.05) is 13.0 Å². The average Bonchev–Trinajstić information content (AvgIpc) is 2.49. The van der Waals surface area contributed by atoms with Gasteiger partial charge in [-0.2, -0.15) is 0 Å². The van der Waals surface area contributed by atoms with Crippen LogP contribution in [0.15, 0.2) is 0 Å². The molecule has 0 radical (unpaired) electrons. The van der Waals surface area contributed by atoms with Crippen molar-refractivity contribution in [1.82, 2.24) is 10.2 Å². The van der Waals surface area contributed by atoms with Crippen molar-refractivity contribution in [2.24, 2.45) is 5.92 Å². The summed E-state index contributed by atoms with van der Waals surface area (Å²) in [7, 11) is 0. The van der Waals surface area contributed by atoms with Crippen molar-refractivity contribution in [2.45, 2.75) is 77.8 Å². The predicted molar refractivity (Wildman–Crippen MR) is 87.9 cm³/mol. The van der Waals surface area contributed by atoms with Gasteiger partial charge in [-0.1, -0.05) is 33.6 Å². The van der Waals surface area contributed by atoms with E-state index in [1.807, 2.05) is 20.8 Å². The number of hydrogen-bond donors (Lipinski definition) is 2. The summed E-state index contributed by atoms with van der Waals surface area (Å²) < 4.78 is 0. The monoisotopic (exact) mass is 326 g/mol. The molecule has 1 aliphatic heterocycles. The van der Waals surface area contributed by atoms with Crippen LogP contribution in [0.1, 0.15) is 65.7 Å². The molecule has 0 aliphatic carbocycles. The van der Waals surface area contributed by atoms with Gasteiger partial charge in [-0.25, -0.2) is 4.79 Å². The molecule has 6 heteroatoms. The van der Waals surface area contributed by atoms with Crippen molar-refractivity contribution >= 4 is 17.8 Å². The van der Waals surface area contributed by atoms with Gasteiger partial charge in [0.15, 0.2) is 0 Å².